The van der Waals surface area contributed by atoms with Gasteiger partial charge in [-0.3, -0.25) is 14.4 Å². The minimum Gasteiger partial charge on any atom is -0.497 e. The van der Waals surface area contributed by atoms with E-state index >= 15 is 0 Å². The first-order chi connectivity index (χ1) is 15.9. The van der Waals surface area contributed by atoms with Crippen LogP contribution < -0.4 is 10.1 Å². The third-order valence-electron chi connectivity index (χ3n) is 6.95. The molecule has 7 heteroatoms. The molecule has 2 fully saturated rings. The summed E-state index contributed by atoms with van der Waals surface area (Å²) >= 11 is 1.67. The Kier molecular flexibility index (Phi) is 7.08. The maximum Gasteiger partial charge on any atom is 0.228 e. The van der Waals surface area contributed by atoms with Gasteiger partial charge in [0.2, 0.25) is 11.8 Å². The van der Waals surface area contributed by atoms with E-state index in [1.807, 2.05) is 35.4 Å². The van der Waals surface area contributed by atoms with Gasteiger partial charge in [-0.15, -0.1) is 11.8 Å². The first-order valence-electron chi connectivity index (χ1n) is 11.3. The predicted octanol–water partition coefficient (Wildman–Crippen LogP) is 4.65. The Morgan fingerprint density at radius 2 is 1.70 bits per heavy atom. The Bertz CT molecular complexity index is 1010. The molecule has 2 amide bonds. The van der Waals surface area contributed by atoms with Crippen LogP contribution in [0.5, 0.6) is 5.75 Å². The molecule has 1 saturated carbocycles. The number of ketones is 1. The number of amides is 2. The summed E-state index contributed by atoms with van der Waals surface area (Å²) in [6, 6.07) is 14.8. The summed E-state index contributed by atoms with van der Waals surface area (Å²) in [5.74, 6) is 0.778. The van der Waals surface area contributed by atoms with Crippen molar-refractivity contribution in [1.82, 2.24) is 4.90 Å². The molecule has 1 atom stereocenters. The molecule has 0 bridgehead atoms. The van der Waals surface area contributed by atoms with Crippen LogP contribution >= 0.6 is 11.8 Å². The monoisotopic (exact) mass is 466 g/mol. The zero-order valence-corrected chi connectivity index (χ0v) is 20.0. The van der Waals surface area contributed by atoms with Gasteiger partial charge in [-0.05, 0) is 79.5 Å². The van der Waals surface area contributed by atoms with E-state index < -0.39 is 0 Å². The summed E-state index contributed by atoms with van der Waals surface area (Å²) in [5, 5.41) is 3.04. The van der Waals surface area contributed by atoms with Crippen LogP contribution in [0.1, 0.15) is 42.5 Å². The van der Waals surface area contributed by atoms with Crippen LogP contribution in [0.25, 0.3) is 0 Å². The summed E-state index contributed by atoms with van der Waals surface area (Å²) in [4.78, 5) is 40.8. The molecule has 174 valence electrons. The smallest absolute Gasteiger partial charge is 0.228 e. The number of carbonyl (C=O) groups excluding carboxylic acids is 3. The number of hydrogen-bond donors (Lipinski definition) is 1. The second-order valence-electron chi connectivity index (χ2n) is 8.87. The van der Waals surface area contributed by atoms with Gasteiger partial charge in [0.05, 0.1) is 7.11 Å². The number of benzene rings is 2. The Morgan fingerprint density at radius 3 is 2.30 bits per heavy atom. The lowest BCUT2D eigenvalue weighted by Crippen LogP contribution is -2.40. The molecule has 0 unspecified atom stereocenters. The number of piperidine rings is 1. The standard InChI is InChI=1S/C26H30N2O4S/c1-32-20-7-3-18(4-8-20)23(29)11-12-24(30)28-15-13-26(14-16-28)17-22(26)25(31)27-19-5-9-21(33-2)10-6-19/h3-10,22H,11-17H2,1-2H3,(H,27,31)/t22-/m1/s1. The van der Waals surface area contributed by atoms with Gasteiger partial charge in [0.1, 0.15) is 5.75 Å². The zero-order valence-electron chi connectivity index (χ0n) is 19.1. The van der Waals surface area contributed by atoms with Crippen molar-refractivity contribution in [2.24, 2.45) is 11.3 Å². The molecule has 0 aromatic heterocycles. The number of likely N-dealkylation sites (tertiary alicyclic amines) is 1. The van der Waals surface area contributed by atoms with E-state index in [0.717, 1.165) is 24.9 Å². The molecular weight excluding hydrogens is 436 g/mol. The van der Waals surface area contributed by atoms with E-state index in [0.29, 0.717) is 24.4 Å². The van der Waals surface area contributed by atoms with Crippen LogP contribution in [0, 0.1) is 11.3 Å². The third-order valence-corrected chi connectivity index (χ3v) is 7.70. The van der Waals surface area contributed by atoms with Crippen LogP contribution in [-0.2, 0) is 9.59 Å². The lowest BCUT2D eigenvalue weighted by atomic mass is 9.90. The van der Waals surface area contributed by atoms with Gasteiger partial charge in [0.25, 0.3) is 0 Å². The van der Waals surface area contributed by atoms with Crippen LogP contribution in [0.15, 0.2) is 53.4 Å². The fraction of sp³-hybridized carbons (Fsp3) is 0.423. The Balaban J connectivity index is 1.21. The van der Waals surface area contributed by atoms with Gasteiger partial charge in [0.15, 0.2) is 5.78 Å². The highest BCUT2D eigenvalue weighted by atomic mass is 32.2. The molecule has 1 aliphatic heterocycles. The first kappa shape index (κ1) is 23.4. The molecule has 1 spiro atoms. The molecule has 1 aliphatic carbocycles. The average molecular weight is 467 g/mol. The third kappa shape index (κ3) is 5.41. The quantitative estimate of drug-likeness (QED) is 0.453. The van der Waals surface area contributed by atoms with E-state index in [2.05, 4.69) is 5.32 Å². The zero-order chi connectivity index (χ0) is 23.4. The molecule has 4 rings (SSSR count). The summed E-state index contributed by atoms with van der Waals surface area (Å²) < 4.78 is 5.11. The number of Topliss-reactive ketones (excluding diaryl/α,β-unsaturated/α-hetero) is 1. The molecule has 2 aromatic rings. The van der Waals surface area contributed by atoms with Crippen LogP contribution in [0.2, 0.25) is 0 Å². The second-order valence-corrected chi connectivity index (χ2v) is 9.75. The number of nitrogens with one attached hydrogen (secondary N) is 1. The minimum atomic E-state index is -0.0380. The predicted molar refractivity (Wildman–Crippen MR) is 130 cm³/mol. The van der Waals surface area contributed by atoms with Gasteiger partial charge in [-0.2, -0.15) is 0 Å². The average Bonchev–Trinajstić information content (AvgIpc) is 3.56. The highest BCUT2D eigenvalue weighted by Gasteiger charge is 2.58. The van der Waals surface area contributed by atoms with E-state index in [4.69, 9.17) is 4.74 Å². The topological polar surface area (TPSA) is 75.7 Å². The van der Waals surface area contributed by atoms with Crippen LogP contribution in [0.3, 0.4) is 0 Å². The van der Waals surface area contributed by atoms with E-state index in [1.54, 1.807) is 43.1 Å². The molecule has 6 nitrogen and oxygen atoms in total. The molecule has 1 N–H and O–H groups in total. The highest BCUT2D eigenvalue weighted by molar-refractivity contribution is 7.98. The van der Waals surface area contributed by atoms with Gasteiger partial charge >= 0.3 is 0 Å². The summed E-state index contributed by atoms with van der Waals surface area (Å²) in [5.41, 5.74) is 1.45. The maximum absolute atomic E-state index is 12.7. The Hall–Kier alpha value is -2.80. The molecule has 1 heterocycles. The number of rotatable bonds is 8. The Labute approximate surface area is 199 Å². The largest absolute Gasteiger partial charge is 0.497 e. The fourth-order valence-electron chi connectivity index (χ4n) is 4.68. The highest BCUT2D eigenvalue weighted by Crippen LogP contribution is 2.59. The van der Waals surface area contributed by atoms with Crippen LogP contribution in [0.4, 0.5) is 5.69 Å². The van der Waals surface area contributed by atoms with Crippen molar-refractivity contribution in [1.29, 1.82) is 0 Å². The van der Waals surface area contributed by atoms with Crippen molar-refractivity contribution in [3.05, 3.63) is 54.1 Å². The van der Waals surface area contributed by atoms with Gasteiger partial charge in [-0.1, -0.05) is 0 Å². The number of hydrogen-bond acceptors (Lipinski definition) is 5. The summed E-state index contributed by atoms with van der Waals surface area (Å²) in [6.07, 6.45) is 5.02. The first-order valence-corrected chi connectivity index (χ1v) is 12.6. The molecule has 1 saturated heterocycles. The molecule has 2 aliphatic rings. The molecule has 0 radical (unpaired) electrons. The number of anilines is 1. The maximum atomic E-state index is 12.7. The van der Waals surface area contributed by atoms with Gasteiger partial charge in [0, 0.05) is 48.0 Å². The van der Waals surface area contributed by atoms with Crippen molar-refractivity contribution >= 4 is 35.0 Å². The number of ether oxygens (including phenoxy) is 1. The van der Waals surface area contributed by atoms with Crippen molar-refractivity contribution < 1.29 is 19.1 Å². The lowest BCUT2D eigenvalue weighted by Gasteiger charge is -2.33. The fourth-order valence-corrected chi connectivity index (χ4v) is 5.08. The van der Waals surface area contributed by atoms with E-state index in [-0.39, 0.29) is 41.8 Å². The van der Waals surface area contributed by atoms with Crippen molar-refractivity contribution in [3.8, 4) is 5.75 Å². The SMILES string of the molecule is COc1ccc(C(=O)CCC(=O)N2CCC3(CC2)C[C@@H]3C(=O)Nc2ccc(SC)cc2)cc1. The van der Waals surface area contributed by atoms with Gasteiger partial charge < -0.3 is 15.0 Å². The minimum absolute atomic E-state index is 0.0160. The normalized spacial score (nSPS) is 18.6. The number of methoxy groups -OCH3 is 1. The van der Waals surface area contributed by atoms with Gasteiger partial charge in [-0.25, -0.2) is 0 Å². The van der Waals surface area contributed by atoms with E-state index in [1.165, 1.54) is 4.90 Å². The molecule has 33 heavy (non-hydrogen) atoms. The van der Waals surface area contributed by atoms with Crippen molar-refractivity contribution in [2.45, 2.75) is 37.0 Å². The number of carbonyl (C=O) groups is 3. The van der Waals surface area contributed by atoms with E-state index in [9.17, 15) is 14.4 Å². The van der Waals surface area contributed by atoms with Crippen molar-refractivity contribution in [2.75, 3.05) is 31.8 Å². The molecule has 2 aromatic carbocycles. The second kappa shape index (κ2) is 10.00. The van der Waals surface area contributed by atoms with Crippen molar-refractivity contribution in [3.63, 3.8) is 0 Å². The summed E-state index contributed by atoms with van der Waals surface area (Å²) in [6.45, 7) is 1.31. The lowest BCUT2D eigenvalue weighted by molar-refractivity contribution is -0.132. The number of thioether (sulfide) groups is 1. The number of nitrogens with zero attached hydrogens (tertiary/aromatic N) is 1. The summed E-state index contributed by atoms with van der Waals surface area (Å²) in [7, 11) is 1.58. The molecular formula is C26H30N2O4S. The van der Waals surface area contributed by atoms with Crippen LogP contribution in [-0.4, -0.2) is 49.0 Å². The Morgan fingerprint density at radius 1 is 1.03 bits per heavy atom.